The molecule has 2 heterocycles. The molecule has 0 bridgehead atoms. The van der Waals surface area contributed by atoms with E-state index < -0.39 is 15.8 Å². The monoisotopic (exact) mass is 356 g/mol. The summed E-state index contributed by atoms with van der Waals surface area (Å²) in [6.07, 6.45) is 2.04. The number of sulfonamides is 1. The Kier molecular flexibility index (Phi) is 4.97. The van der Waals surface area contributed by atoms with Gasteiger partial charge in [-0.05, 0) is 63.5 Å². The van der Waals surface area contributed by atoms with Crippen molar-refractivity contribution in [1.29, 1.82) is 0 Å². The molecule has 7 heteroatoms. The Morgan fingerprint density at radius 3 is 2.58 bits per heavy atom. The lowest BCUT2D eigenvalue weighted by Crippen LogP contribution is -2.72. The van der Waals surface area contributed by atoms with E-state index in [-0.39, 0.29) is 10.4 Å². The molecule has 0 saturated carbocycles. The highest BCUT2D eigenvalue weighted by molar-refractivity contribution is 7.89. The number of nitrogens with zero attached hydrogens (tertiary/aromatic N) is 2. The van der Waals surface area contributed by atoms with Crippen LogP contribution in [0.15, 0.2) is 29.2 Å². The molecule has 2 aliphatic rings. The summed E-state index contributed by atoms with van der Waals surface area (Å²) < 4.78 is 45.4. The predicted octanol–water partition coefficient (Wildman–Crippen LogP) is 1.95. The van der Waals surface area contributed by atoms with Gasteiger partial charge in [0.05, 0.1) is 4.90 Å². The number of ether oxygens (including phenoxy) is 1. The minimum atomic E-state index is -3.54. The average molecular weight is 356 g/mol. The molecular formula is C17H25FN2O3S. The Hall–Kier alpha value is -1.02. The van der Waals surface area contributed by atoms with Gasteiger partial charge in [0, 0.05) is 31.8 Å². The molecule has 0 amide bonds. The maximum atomic E-state index is 13.0. The smallest absolute Gasteiger partial charge is 0.243 e. The summed E-state index contributed by atoms with van der Waals surface area (Å²) in [6, 6.07) is 5.04. The molecule has 0 aromatic heterocycles. The van der Waals surface area contributed by atoms with Crippen LogP contribution in [0.3, 0.4) is 0 Å². The zero-order valence-corrected chi connectivity index (χ0v) is 15.1. The molecule has 24 heavy (non-hydrogen) atoms. The first-order valence-corrected chi connectivity index (χ1v) is 9.86. The largest absolute Gasteiger partial charge is 0.381 e. The fraction of sp³-hybridized carbons (Fsp3) is 0.647. The zero-order chi connectivity index (χ0) is 17.4. The van der Waals surface area contributed by atoms with Crippen LogP contribution in [0.1, 0.15) is 19.8 Å². The van der Waals surface area contributed by atoms with Crippen LogP contribution in [0.4, 0.5) is 4.39 Å². The van der Waals surface area contributed by atoms with E-state index in [9.17, 15) is 12.8 Å². The summed E-state index contributed by atoms with van der Waals surface area (Å²) in [5.74, 6) is 0.0524. The molecule has 0 aliphatic carbocycles. The molecule has 2 aliphatic heterocycles. The van der Waals surface area contributed by atoms with Gasteiger partial charge in [0.2, 0.25) is 10.0 Å². The first-order chi connectivity index (χ1) is 11.4. The highest BCUT2D eigenvalue weighted by Crippen LogP contribution is 2.40. The van der Waals surface area contributed by atoms with Crippen LogP contribution in [0.25, 0.3) is 0 Å². The van der Waals surface area contributed by atoms with Gasteiger partial charge in [-0.1, -0.05) is 0 Å². The van der Waals surface area contributed by atoms with Crippen LogP contribution in [-0.2, 0) is 14.8 Å². The van der Waals surface area contributed by atoms with Crippen molar-refractivity contribution < 1.29 is 17.5 Å². The van der Waals surface area contributed by atoms with E-state index in [0.717, 1.165) is 26.0 Å². The Morgan fingerprint density at radius 1 is 1.29 bits per heavy atom. The third-order valence-corrected chi connectivity index (χ3v) is 7.11. The number of likely N-dealkylation sites (N-methyl/N-ethyl adjacent to an activating group) is 1. The maximum absolute atomic E-state index is 13.0. The normalized spacial score (nSPS) is 24.9. The number of rotatable bonds is 5. The van der Waals surface area contributed by atoms with Gasteiger partial charge in [-0.2, -0.15) is 4.31 Å². The van der Waals surface area contributed by atoms with E-state index >= 15 is 0 Å². The molecule has 3 rings (SSSR count). The molecule has 1 atom stereocenters. The van der Waals surface area contributed by atoms with E-state index in [0.29, 0.717) is 25.6 Å². The van der Waals surface area contributed by atoms with Crippen molar-refractivity contribution in [3.63, 3.8) is 0 Å². The molecule has 5 nitrogen and oxygen atoms in total. The molecule has 0 radical (unpaired) electrons. The lowest BCUT2D eigenvalue weighted by molar-refractivity contribution is -0.0576. The molecule has 1 spiro atoms. The first-order valence-electron chi connectivity index (χ1n) is 8.42. The summed E-state index contributed by atoms with van der Waals surface area (Å²) in [5, 5.41) is 0. The number of likely N-dealkylation sites (tertiary alicyclic amines) is 1. The maximum Gasteiger partial charge on any atom is 0.243 e. The Bertz CT molecular complexity index is 670. The van der Waals surface area contributed by atoms with Crippen molar-refractivity contribution in [2.75, 3.05) is 39.9 Å². The zero-order valence-electron chi connectivity index (χ0n) is 14.2. The predicted molar refractivity (Wildman–Crippen MR) is 89.7 cm³/mol. The van der Waals surface area contributed by atoms with E-state index in [1.807, 2.05) is 6.92 Å². The van der Waals surface area contributed by atoms with Crippen molar-refractivity contribution in [3.05, 3.63) is 30.1 Å². The van der Waals surface area contributed by atoms with E-state index in [1.165, 1.54) is 28.6 Å². The second-order valence-corrected chi connectivity index (χ2v) is 8.83. The molecule has 1 unspecified atom stereocenters. The minimum Gasteiger partial charge on any atom is -0.381 e. The van der Waals surface area contributed by atoms with Crippen LogP contribution in [-0.4, -0.2) is 63.1 Å². The second kappa shape index (κ2) is 6.71. The van der Waals surface area contributed by atoms with Crippen molar-refractivity contribution in [3.8, 4) is 0 Å². The first kappa shape index (κ1) is 17.8. The quantitative estimate of drug-likeness (QED) is 0.809. The van der Waals surface area contributed by atoms with Crippen LogP contribution in [0.2, 0.25) is 0 Å². The van der Waals surface area contributed by atoms with Crippen LogP contribution >= 0.6 is 0 Å². The van der Waals surface area contributed by atoms with Gasteiger partial charge >= 0.3 is 0 Å². The molecule has 2 saturated heterocycles. The highest BCUT2D eigenvalue weighted by Gasteiger charge is 2.53. The fourth-order valence-corrected chi connectivity index (χ4v) is 5.34. The van der Waals surface area contributed by atoms with Crippen molar-refractivity contribution in [2.24, 2.45) is 5.92 Å². The van der Waals surface area contributed by atoms with E-state index in [1.54, 1.807) is 0 Å². The molecular weight excluding hydrogens is 331 g/mol. The topological polar surface area (TPSA) is 49.9 Å². The Labute approximate surface area is 143 Å². The Morgan fingerprint density at radius 2 is 1.96 bits per heavy atom. The summed E-state index contributed by atoms with van der Waals surface area (Å²) in [5.41, 5.74) is -0.0902. The SMILES string of the molecule is CCOCC1CCN(C)C2(C1)CN(S(=O)(=O)c1ccc(F)cc1)C2. The number of benzene rings is 1. The molecule has 1 aromatic carbocycles. The summed E-state index contributed by atoms with van der Waals surface area (Å²) in [7, 11) is -1.48. The molecule has 0 N–H and O–H groups in total. The number of hydrogen-bond donors (Lipinski definition) is 0. The fourth-order valence-electron chi connectivity index (χ4n) is 3.74. The van der Waals surface area contributed by atoms with E-state index in [4.69, 9.17) is 4.74 Å². The van der Waals surface area contributed by atoms with Gasteiger partial charge in [-0.25, -0.2) is 12.8 Å². The van der Waals surface area contributed by atoms with E-state index in [2.05, 4.69) is 11.9 Å². The number of piperidine rings is 1. The third kappa shape index (κ3) is 3.22. The standard InChI is InChI=1S/C17H25FN2O3S/c1-3-23-11-14-8-9-19(2)17(10-14)12-20(13-17)24(21,22)16-6-4-15(18)5-7-16/h4-7,14H,3,8-13H2,1-2H3. The van der Waals surface area contributed by atoms with Gasteiger partial charge < -0.3 is 4.74 Å². The van der Waals surface area contributed by atoms with Gasteiger partial charge in [0.15, 0.2) is 0 Å². The van der Waals surface area contributed by atoms with Crippen LogP contribution < -0.4 is 0 Å². The average Bonchev–Trinajstić information content (AvgIpc) is 2.52. The minimum absolute atomic E-state index is 0.0902. The summed E-state index contributed by atoms with van der Waals surface area (Å²) in [6.45, 7) is 5.39. The molecule has 134 valence electrons. The summed E-state index contributed by atoms with van der Waals surface area (Å²) >= 11 is 0. The van der Waals surface area contributed by atoms with Crippen LogP contribution in [0, 0.1) is 11.7 Å². The van der Waals surface area contributed by atoms with Gasteiger partial charge in [-0.3, -0.25) is 4.90 Å². The van der Waals surface area contributed by atoms with Crippen molar-refractivity contribution in [1.82, 2.24) is 9.21 Å². The van der Waals surface area contributed by atoms with Gasteiger partial charge in [-0.15, -0.1) is 0 Å². The molecule has 1 aromatic rings. The third-order valence-electron chi connectivity index (χ3n) is 5.30. The Balaban J connectivity index is 1.69. The summed E-state index contributed by atoms with van der Waals surface area (Å²) in [4.78, 5) is 2.44. The van der Waals surface area contributed by atoms with Crippen molar-refractivity contribution in [2.45, 2.75) is 30.2 Å². The lowest BCUT2D eigenvalue weighted by Gasteiger charge is -2.57. The highest BCUT2D eigenvalue weighted by atomic mass is 32.2. The molecule has 2 fully saturated rings. The van der Waals surface area contributed by atoms with Crippen molar-refractivity contribution >= 4 is 10.0 Å². The second-order valence-electron chi connectivity index (χ2n) is 6.89. The number of hydrogen-bond acceptors (Lipinski definition) is 4. The lowest BCUT2D eigenvalue weighted by atomic mass is 9.77. The van der Waals surface area contributed by atoms with Crippen LogP contribution in [0.5, 0.6) is 0 Å². The van der Waals surface area contributed by atoms with Gasteiger partial charge in [0.25, 0.3) is 0 Å². The van der Waals surface area contributed by atoms with Gasteiger partial charge in [0.1, 0.15) is 5.82 Å². The number of halogens is 1.